The predicted molar refractivity (Wildman–Crippen MR) is 63.8 cm³/mol. The van der Waals surface area contributed by atoms with Crippen molar-refractivity contribution in [2.24, 2.45) is 0 Å². The quantitative estimate of drug-likeness (QED) is 0.690. The van der Waals surface area contributed by atoms with Gasteiger partial charge in [-0.2, -0.15) is 0 Å². The van der Waals surface area contributed by atoms with Crippen molar-refractivity contribution in [3.05, 3.63) is 35.9 Å². The van der Waals surface area contributed by atoms with Crippen LogP contribution in [0.4, 0.5) is 8.78 Å². The van der Waals surface area contributed by atoms with E-state index >= 15 is 0 Å². The van der Waals surface area contributed by atoms with Crippen molar-refractivity contribution in [1.82, 2.24) is 10.6 Å². The zero-order valence-corrected chi connectivity index (χ0v) is 9.98. The maximum absolute atomic E-state index is 11.9. The Balaban J connectivity index is 2.29. The lowest BCUT2D eigenvalue weighted by Crippen LogP contribution is -2.41. The number of carbonyl (C=O) groups is 2. The van der Waals surface area contributed by atoms with Crippen molar-refractivity contribution in [2.75, 3.05) is 13.1 Å². The van der Waals surface area contributed by atoms with Crippen LogP contribution >= 0.6 is 0 Å². The highest BCUT2D eigenvalue weighted by molar-refractivity contribution is 5.96. The van der Waals surface area contributed by atoms with Crippen LogP contribution in [0.2, 0.25) is 0 Å². The van der Waals surface area contributed by atoms with Gasteiger partial charge >= 0.3 is 0 Å². The Morgan fingerprint density at radius 1 is 1.16 bits per heavy atom. The summed E-state index contributed by atoms with van der Waals surface area (Å²) in [6.07, 6.45) is -4.83. The van der Waals surface area contributed by atoms with E-state index < -0.39 is 30.9 Å². The summed E-state index contributed by atoms with van der Waals surface area (Å²) in [7, 11) is 0. The molecule has 1 unspecified atom stereocenters. The number of hydrogen-bond donors (Lipinski definition) is 3. The summed E-state index contributed by atoms with van der Waals surface area (Å²) in [4.78, 5) is 22.8. The molecule has 0 aliphatic rings. The van der Waals surface area contributed by atoms with E-state index in [1.807, 2.05) is 0 Å². The number of rotatable bonds is 6. The molecule has 0 spiro atoms. The third-order valence-corrected chi connectivity index (χ3v) is 2.24. The van der Waals surface area contributed by atoms with Gasteiger partial charge in [-0.25, -0.2) is 8.78 Å². The Kier molecular flexibility index (Phi) is 5.87. The first-order valence-electron chi connectivity index (χ1n) is 5.57. The highest BCUT2D eigenvalue weighted by atomic mass is 19.3. The van der Waals surface area contributed by atoms with E-state index in [0.717, 1.165) is 0 Å². The average molecular weight is 272 g/mol. The molecule has 0 bridgehead atoms. The lowest BCUT2D eigenvalue weighted by molar-refractivity contribution is -0.121. The lowest BCUT2D eigenvalue weighted by Gasteiger charge is -2.11. The van der Waals surface area contributed by atoms with Crippen LogP contribution in [0.3, 0.4) is 0 Å². The van der Waals surface area contributed by atoms with Gasteiger partial charge in [-0.1, -0.05) is 18.2 Å². The third-order valence-electron chi connectivity index (χ3n) is 2.24. The molecule has 1 aromatic carbocycles. The summed E-state index contributed by atoms with van der Waals surface area (Å²) in [6, 6.07) is 8.25. The fraction of sp³-hybridized carbons (Fsp3) is 0.333. The number of amides is 2. The van der Waals surface area contributed by atoms with Crippen molar-refractivity contribution >= 4 is 11.8 Å². The summed E-state index contributed by atoms with van der Waals surface area (Å²) >= 11 is 0. The number of halogens is 2. The highest BCUT2D eigenvalue weighted by Gasteiger charge is 2.17. The molecule has 2 amide bonds. The topological polar surface area (TPSA) is 78.4 Å². The number of carbonyl (C=O) groups excluding carboxylic acids is 2. The minimum absolute atomic E-state index is 0.344. The van der Waals surface area contributed by atoms with Crippen LogP contribution in [0.1, 0.15) is 10.4 Å². The molecule has 0 saturated heterocycles. The maximum Gasteiger partial charge on any atom is 0.265 e. The van der Waals surface area contributed by atoms with Crippen LogP contribution in [0.25, 0.3) is 0 Å². The predicted octanol–water partition coefficient (Wildman–Crippen LogP) is 0.159. The van der Waals surface area contributed by atoms with Crippen molar-refractivity contribution < 1.29 is 23.5 Å². The summed E-state index contributed by atoms with van der Waals surface area (Å²) in [5, 5.41) is 13.2. The van der Waals surface area contributed by atoms with E-state index in [1.165, 1.54) is 0 Å². The monoisotopic (exact) mass is 272 g/mol. The molecule has 1 rings (SSSR count). The Morgan fingerprint density at radius 3 is 2.37 bits per heavy atom. The van der Waals surface area contributed by atoms with Crippen LogP contribution in [-0.2, 0) is 4.79 Å². The molecular formula is C12H14F2N2O3. The molecule has 0 saturated carbocycles. The van der Waals surface area contributed by atoms with Gasteiger partial charge in [0.2, 0.25) is 5.91 Å². The van der Waals surface area contributed by atoms with Crippen LogP contribution in [-0.4, -0.2) is 42.5 Å². The summed E-state index contributed by atoms with van der Waals surface area (Å²) in [5.74, 6) is -1.09. The van der Waals surface area contributed by atoms with Crippen LogP contribution in [0.15, 0.2) is 30.3 Å². The molecule has 0 fully saturated rings. The first kappa shape index (κ1) is 15.0. The molecule has 104 valence electrons. The SMILES string of the molecule is O=C(CNC(=O)c1ccccc1)NCC(O)C(F)F. The molecule has 1 atom stereocenters. The van der Waals surface area contributed by atoms with Gasteiger partial charge in [0.1, 0.15) is 6.10 Å². The number of nitrogens with one attached hydrogen (secondary N) is 2. The molecule has 1 aromatic rings. The van der Waals surface area contributed by atoms with Crippen molar-refractivity contribution in [2.45, 2.75) is 12.5 Å². The largest absolute Gasteiger partial charge is 0.385 e. The Morgan fingerprint density at radius 2 is 1.79 bits per heavy atom. The minimum atomic E-state index is -2.92. The molecule has 5 nitrogen and oxygen atoms in total. The fourth-order valence-electron chi connectivity index (χ4n) is 1.22. The zero-order chi connectivity index (χ0) is 14.3. The molecule has 0 aliphatic carbocycles. The molecule has 0 aliphatic heterocycles. The van der Waals surface area contributed by atoms with Crippen molar-refractivity contribution in [3.63, 3.8) is 0 Å². The van der Waals surface area contributed by atoms with E-state index in [-0.39, 0.29) is 6.54 Å². The van der Waals surface area contributed by atoms with Gasteiger partial charge in [-0.15, -0.1) is 0 Å². The number of aliphatic hydroxyl groups is 1. The lowest BCUT2D eigenvalue weighted by atomic mass is 10.2. The second-order valence-corrected chi connectivity index (χ2v) is 3.75. The van der Waals surface area contributed by atoms with Crippen LogP contribution in [0, 0.1) is 0 Å². The van der Waals surface area contributed by atoms with E-state index in [9.17, 15) is 18.4 Å². The Labute approximate surface area is 108 Å². The number of hydrogen-bond acceptors (Lipinski definition) is 3. The van der Waals surface area contributed by atoms with Gasteiger partial charge in [0.15, 0.2) is 0 Å². The van der Waals surface area contributed by atoms with E-state index in [0.29, 0.717) is 5.56 Å². The zero-order valence-electron chi connectivity index (χ0n) is 9.98. The van der Waals surface area contributed by atoms with Gasteiger partial charge in [0.25, 0.3) is 12.3 Å². The second-order valence-electron chi connectivity index (χ2n) is 3.75. The molecular weight excluding hydrogens is 258 g/mol. The molecule has 19 heavy (non-hydrogen) atoms. The third kappa shape index (κ3) is 5.43. The van der Waals surface area contributed by atoms with Crippen LogP contribution in [0.5, 0.6) is 0 Å². The maximum atomic E-state index is 11.9. The summed E-state index contributed by atoms with van der Waals surface area (Å²) < 4.78 is 23.9. The summed E-state index contributed by atoms with van der Waals surface area (Å²) in [5.41, 5.74) is 0.392. The normalized spacial score (nSPS) is 12.0. The molecule has 7 heteroatoms. The second kappa shape index (κ2) is 7.42. The van der Waals surface area contributed by atoms with E-state index in [4.69, 9.17) is 5.11 Å². The van der Waals surface area contributed by atoms with Gasteiger partial charge in [0.05, 0.1) is 6.54 Å². The molecule has 3 N–H and O–H groups in total. The number of alkyl halides is 2. The first-order chi connectivity index (χ1) is 9.00. The van der Waals surface area contributed by atoms with Gasteiger partial charge < -0.3 is 15.7 Å². The van der Waals surface area contributed by atoms with Crippen molar-refractivity contribution in [3.8, 4) is 0 Å². The van der Waals surface area contributed by atoms with E-state index in [2.05, 4.69) is 10.6 Å². The number of benzene rings is 1. The van der Waals surface area contributed by atoms with Gasteiger partial charge in [-0.3, -0.25) is 9.59 Å². The molecule has 0 aromatic heterocycles. The van der Waals surface area contributed by atoms with Gasteiger partial charge in [-0.05, 0) is 12.1 Å². The Bertz CT molecular complexity index is 426. The van der Waals surface area contributed by atoms with Crippen LogP contribution < -0.4 is 10.6 Å². The Hall–Kier alpha value is -2.02. The smallest absolute Gasteiger partial charge is 0.265 e. The fourth-order valence-corrected chi connectivity index (χ4v) is 1.22. The summed E-state index contributed by atoms with van der Waals surface area (Å²) in [6.45, 7) is -0.901. The van der Waals surface area contributed by atoms with Crippen molar-refractivity contribution in [1.29, 1.82) is 0 Å². The van der Waals surface area contributed by atoms with E-state index in [1.54, 1.807) is 30.3 Å². The first-order valence-corrected chi connectivity index (χ1v) is 5.57. The molecule has 0 radical (unpaired) electrons. The highest BCUT2D eigenvalue weighted by Crippen LogP contribution is 1.98. The molecule has 0 heterocycles. The minimum Gasteiger partial charge on any atom is -0.385 e. The standard InChI is InChI=1S/C12H14F2N2O3/c13-11(14)9(17)6-15-10(18)7-16-12(19)8-4-2-1-3-5-8/h1-5,9,11,17H,6-7H2,(H,15,18)(H,16,19). The van der Waals surface area contributed by atoms with Gasteiger partial charge in [0, 0.05) is 12.1 Å². The number of aliphatic hydroxyl groups excluding tert-OH is 1. The average Bonchev–Trinajstić information content (AvgIpc) is 2.42.